The Morgan fingerprint density at radius 2 is 1.75 bits per heavy atom. The maximum Gasteiger partial charge on any atom is 0.573 e. The molecule has 0 saturated carbocycles. The summed E-state index contributed by atoms with van der Waals surface area (Å²) in [5.74, 6) is -0.563. The van der Waals surface area contributed by atoms with Gasteiger partial charge in [-0.2, -0.15) is 0 Å². The first-order valence-corrected chi connectivity index (χ1v) is 7.20. The average Bonchev–Trinajstić information content (AvgIpc) is 2.50. The standard InChI is InChI=1S/C17H17F3N2O2/c1-11-4-3-5-15(12(11)2)22-16(23)10-21-13-6-8-14(9-7-13)24-17(18,19)20/h3-9,21H,10H2,1-2H3,(H,22,23). The fraction of sp³-hybridized carbons (Fsp3) is 0.235. The SMILES string of the molecule is Cc1cccc(NC(=O)CNc2ccc(OC(F)(F)F)cc2)c1C. The van der Waals surface area contributed by atoms with Gasteiger partial charge < -0.3 is 15.4 Å². The minimum atomic E-state index is -4.72. The Balaban J connectivity index is 1.89. The third-order valence-corrected chi connectivity index (χ3v) is 3.42. The second kappa shape index (κ2) is 7.25. The predicted octanol–water partition coefficient (Wildman–Crippen LogP) is 4.25. The Bertz CT molecular complexity index is 713. The lowest BCUT2D eigenvalue weighted by atomic mass is 10.1. The summed E-state index contributed by atoms with van der Waals surface area (Å²) < 4.78 is 40.0. The molecule has 0 aromatic heterocycles. The molecule has 0 fully saturated rings. The minimum absolute atomic E-state index is 0.00709. The van der Waals surface area contributed by atoms with E-state index >= 15 is 0 Å². The molecule has 0 aliphatic rings. The highest BCUT2D eigenvalue weighted by Crippen LogP contribution is 2.24. The molecule has 4 nitrogen and oxygen atoms in total. The normalized spacial score (nSPS) is 11.0. The molecule has 2 rings (SSSR count). The maximum absolute atomic E-state index is 12.1. The monoisotopic (exact) mass is 338 g/mol. The number of aryl methyl sites for hydroxylation is 1. The van der Waals surface area contributed by atoms with Gasteiger partial charge in [-0.05, 0) is 55.3 Å². The van der Waals surface area contributed by atoms with E-state index in [9.17, 15) is 18.0 Å². The lowest BCUT2D eigenvalue weighted by molar-refractivity contribution is -0.274. The first kappa shape index (κ1) is 17.7. The van der Waals surface area contributed by atoms with Crippen LogP contribution >= 0.6 is 0 Å². The van der Waals surface area contributed by atoms with E-state index in [-0.39, 0.29) is 18.2 Å². The molecule has 0 unspecified atom stereocenters. The zero-order valence-electron chi connectivity index (χ0n) is 13.2. The fourth-order valence-electron chi connectivity index (χ4n) is 2.04. The molecule has 128 valence electrons. The molecule has 0 radical (unpaired) electrons. The van der Waals surface area contributed by atoms with Crippen LogP contribution in [0.2, 0.25) is 0 Å². The van der Waals surface area contributed by atoms with Gasteiger partial charge in [-0.25, -0.2) is 0 Å². The van der Waals surface area contributed by atoms with E-state index in [1.54, 1.807) is 0 Å². The number of nitrogens with one attached hydrogen (secondary N) is 2. The molecule has 0 atom stereocenters. The van der Waals surface area contributed by atoms with Crippen molar-refractivity contribution in [1.82, 2.24) is 0 Å². The van der Waals surface area contributed by atoms with E-state index in [4.69, 9.17) is 0 Å². The van der Waals surface area contributed by atoms with E-state index in [0.717, 1.165) is 16.8 Å². The number of carbonyl (C=O) groups excluding carboxylic acids is 1. The van der Waals surface area contributed by atoms with Crippen LogP contribution in [0.5, 0.6) is 5.75 Å². The van der Waals surface area contributed by atoms with Gasteiger partial charge in [0, 0.05) is 11.4 Å². The van der Waals surface area contributed by atoms with Gasteiger partial charge in [-0.1, -0.05) is 12.1 Å². The summed E-state index contributed by atoms with van der Waals surface area (Å²) in [6, 6.07) is 10.8. The Kier molecular flexibility index (Phi) is 5.33. The van der Waals surface area contributed by atoms with Gasteiger partial charge in [0.2, 0.25) is 5.91 Å². The summed E-state index contributed by atoms with van der Waals surface area (Å²) in [5, 5.41) is 5.63. The van der Waals surface area contributed by atoms with E-state index in [0.29, 0.717) is 5.69 Å². The molecule has 7 heteroatoms. The molecule has 0 aliphatic heterocycles. The van der Waals surface area contributed by atoms with Crippen molar-refractivity contribution in [1.29, 1.82) is 0 Å². The van der Waals surface area contributed by atoms with Crippen LogP contribution < -0.4 is 15.4 Å². The van der Waals surface area contributed by atoms with Gasteiger partial charge in [0.25, 0.3) is 0 Å². The second-order valence-corrected chi connectivity index (χ2v) is 5.22. The van der Waals surface area contributed by atoms with E-state index in [1.165, 1.54) is 24.3 Å². The van der Waals surface area contributed by atoms with Crippen molar-refractivity contribution < 1.29 is 22.7 Å². The second-order valence-electron chi connectivity index (χ2n) is 5.22. The number of anilines is 2. The third kappa shape index (κ3) is 5.19. The van der Waals surface area contributed by atoms with E-state index in [1.807, 2.05) is 32.0 Å². The van der Waals surface area contributed by atoms with Crippen LogP contribution in [-0.4, -0.2) is 18.8 Å². The zero-order chi connectivity index (χ0) is 17.7. The van der Waals surface area contributed by atoms with Crippen LogP contribution in [0.4, 0.5) is 24.5 Å². The Labute approximate surface area is 137 Å². The van der Waals surface area contributed by atoms with Crippen LogP contribution in [0.15, 0.2) is 42.5 Å². The molecule has 0 saturated heterocycles. The van der Waals surface area contributed by atoms with Crippen LogP contribution in [-0.2, 0) is 4.79 Å². The van der Waals surface area contributed by atoms with Gasteiger partial charge in [0.05, 0.1) is 6.54 Å². The Morgan fingerprint density at radius 3 is 2.38 bits per heavy atom. The van der Waals surface area contributed by atoms with Crippen LogP contribution in [0, 0.1) is 13.8 Å². The Hall–Kier alpha value is -2.70. The number of alkyl halides is 3. The number of carbonyl (C=O) groups is 1. The van der Waals surface area contributed by atoms with Crippen molar-refractivity contribution in [2.45, 2.75) is 20.2 Å². The van der Waals surface area contributed by atoms with E-state index in [2.05, 4.69) is 15.4 Å². The minimum Gasteiger partial charge on any atom is -0.406 e. The molecule has 0 spiro atoms. The molecule has 2 aromatic rings. The molecule has 2 N–H and O–H groups in total. The van der Waals surface area contributed by atoms with Gasteiger partial charge in [0.15, 0.2) is 0 Å². The first-order chi connectivity index (χ1) is 11.2. The highest BCUT2D eigenvalue weighted by molar-refractivity contribution is 5.94. The molecule has 1 amide bonds. The van der Waals surface area contributed by atoms with E-state index < -0.39 is 6.36 Å². The fourth-order valence-corrected chi connectivity index (χ4v) is 2.04. The van der Waals surface area contributed by atoms with Crippen molar-refractivity contribution in [3.05, 3.63) is 53.6 Å². The molecule has 2 aromatic carbocycles. The highest BCUT2D eigenvalue weighted by atomic mass is 19.4. The van der Waals surface area contributed by atoms with Crippen LogP contribution in [0.25, 0.3) is 0 Å². The summed E-state index contributed by atoms with van der Waals surface area (Å²) in [6.45, 7) is 3.86. The quantitative estimate of drug-likeness (QED) is 0.857. The molecular weight excluding hydrogens is 321 g/mol. The van der Waals surface area contributed by atoms with Crippen molar-refractivity contribution in [2.75, 3.05) is 17.2 Å². The van der Waals surface area contributed by atoms with Gasteiger partial charge >= 0.3 is 6.36 Å². The molecule has 24 heavy (non-hydrogen) atoms. The summed E-state index contributed by atoms with van der Waals surface area (Å²) in [6.07, 6.45) is -4.72. The van der Waals surface area contributed by atoms with Crippen molar-refractivity contribution >= 4 is 17.3 Å². The maximum atomic E-state index is 12.1. The largest absolute Gasteiger partial charge is 0.573 e. The van der Waals surface area contributed by atoms with Gasteiger partial charge in [-0.15, -0.1) is 13.2 Å². The molecule has 0 heterocycles. The number of halogens is 3. The zero-order valence-corrected chi connectivity index (χ0v) is 13.2. The van der Waals surface area contributed by atoms with Crippen LogP contribution in [0.1, 0.15) is 11.1 Å². The first-order valence-electron chi connectivity index (χ1n) is 7.20. The van der Waals surface area contributed by atoms with Crippen LogP contribution in [0.3, 0.4) is 0 Å². The number of amides is 1. The summed E-state index contributed by atoms with van der Waals surface area (Å²) in [7, 11) is 0. The Morgan fingerprint density at radius 1 is 1.08 bits per heavy atom. The number of hydrogen-bond acceptors (Lipinski definition) is 3. The molecular formula is C17H17F3N2O2. The van der Waals surface area contributed by atoms with Crippen molar-refractivity contribution in [2.24, 2.45) is 0 Å². The summed E-state index contributed by atoms with van der Waals surface area (Å²) in [4.78, 5) is 12.0. The average molecular weight is 338 g/mol. The lowest BCUT2D eigenvalue weighted by Gasteiger charge is -2.12. The predicted molar refractivity (Wildman–Crippen MR) is 86.2 cm³/mol. The summed E-state index contributed by atoms with van der Waals surface area (Å²) >= 11 is 0. The number of benzene rings is 2. The lowest BCUT2D eigenvalue weighted by Crippen LogP contribution is -2.22. The van der Waals surface area contributed by atoms with Crippen molar-refractivity contribution in [3.8, 4) is 5.75 Å². The van der Waals surface area contributed by atoms with Crippen molar-refractivity contribution in [3.63, 3.8) is 0 Å². The molecule has 0 aliphatic carbocycles. The van der Waals surface area contributed by atoms with Gasteiger partial charge in [0.1, 0.15) is 5.75 Å². The number of ether oxygens (including phenoxy) is 1. The number of rotatable bonds is 5. The van der Waals surface area contributed by atoms with Gasteiger partial charge in [-0.3, -0.25) is 4.79 Å². The topological polar surface area (TPSA) is 50.4 Å². The number of hydrogen-bond donors (Lipinski definition) is 2. The smallest absolute Gasteiger partial charge is 0.406 e. The highest BCUT2D eigenvalue weighted by Gasteiger charge is 2.30. The summed E-state index contributed by atoms with van der Waals surface area (Å²) in [5.41, 5.74) is 3.30. The molecule has 0 bridgehead atoms. The third-order valence-electron chi connectivity index (χ3n) is 3.42.